The van der Waals surface area contributed by atoms with Crippen molar-refractivity contribution in [1.82, 2.24) is 15.1 Å². The smallest absolute Gasteiger partial charge is 0.410 e. The van der Waals surface area contributed by atoms with Gasteiger partial charge >= 0.3 is 6.09 Å². The Morgan fingerprint density at radius 1 is 1.24 bits per heavy atom. The molecular weight excluding hydrogens is 270 g/mol. The van der Waals surface area contributed by atoms with Crippen molar-refractivity contribution < 1.29 is 14.3 Å². The zero-order chi connectivity index (χ0) is 16.0. The standard InChI is InChI=1S/C15H29N3O3/c1-15(2,3)21-14(20)18-9-6-7-12(8-10-18)16-13(19)11-17(4)5/h12H,6-11H2,1-5H3,(H,16,19)/t12-/m1/s1. The minimum atomic E-state index is -0.470. The molecule has 6 heteroatoms. The second kappa shape index (κ2) is 7.64. The fourth-order valence-corrected chi connectivity index (χ4v) is 2.31. The Kier molecular flexibility index (Phi) is 6.45. The first-order chi connectivity index (χ1) is 9.67. The van der Waals surface area contributed by atoms with Crippen LogP contribution in [0, 0.1) is 0 Å². The quantitative estimate of drug-likeness (QED) is 0.857. The third kappa shape index (κ3) is 7.32. The molecule has 1 atom stereocenters. The molecule has 2 amide bonds. The Balaban J connectivity index is 2.43. The minimum absolute atomic E-state index is 0.0377. The molecule has 1 rings (SSSR count). The number of likely N-dealkylation sites (tertiary alicyclic amines) is 1. The van der Waals surface area contributed by atoms with E-state index in [-0.39, 0.29) is 18.0 Å². The monoisotopic (exact) mass is 299 g/mol. The van der Waals surface area contributed by atoms with E-state index in [1.807, 2.05) is 39.8 Å². The normalized spacial score (nSPS) is 20.1. The van der Waals surface area contributed by atoms with Gasteiger partial charge in [0.05, 0.1) is 6.54 Å². The lowest BCUT2D eigenvalue weighted by molar-refractivity contribution is -0.122. The number of likely N-dealkylation sites (N-methyl/N-ethyl adjacent to an activating group) is 1. The van der Waals surface area contributed by atoms with E-state index < -0.39 is 5.60 Å². The van der Waals surface area contributed by atoms with Gasteiger partial charge in [0.25, 0.3) is 0 Å². The van der Waals surface area contributed by atoms with Crippen molar-refractivity contribution in [2.45, 2.75) is 51.7 Å². The van der Waals surface area contributed by atoms with Crippen LogP contribution in [0.15, 0.2) is 0 Å². The number of carbonyl (C=O) groups is 2. The summed E-state index contributed by atoms with van der Waals surface area (Å²) >= 11 is 0. The number of hydrogen-bond acceptors (Lipinski definition) is 4. The SMILES string of the molecule is CN(C)CC(=O)N[C@@H]1CCCN(C(=O)OC(C)(C)C)CC1. The van der Waals surface area contributed by atoms with E-state index in [9.17, 15) is 9.59 Å². The van der Waals surface area contributed by atoms with Gasteiger partial charge in [-0.2, -0.15) is 0 Å². The topological polar surface area (TPSA) is 61.9 Å². The van der Waals surface area contributed by atoms with Crippen molar-refractivity contribution in [3.05, 3.63) is 0 Å². The molecule has 21 heavy (non-hydrogen) atoms. The highest BCUT2D eigenvalue weighted by molar-refractivity contribution is 5.78. The summed E-state index contributed by atoms with van der Waals surface area (Å²) in [6.45, 7) is 7.32. The Morgan fingerprint density at radius 3 is 2.48 bits per heavy atom. The minimum Gasteiger partial charge on any atom is -0.444 e. The number of hydrogen-bond donors (Lipinski definition) is 1. The van der Waals surface area contributed by atoms with Crippen LogP contribution in [0.1, 0.15) is 40.0 Å². The van der Waals surface area contributed by atoms with Crippen LogP contribution in [-0.4, -0.2) is 67.2 Å². The van der Waals surface area contributed by atoms with Crippen molar-refractivity contribution in [1.29, 1.82) is 0 Å². The van der Waals surface area contributed by atoms with Crippen molar-refractivity contribution >= 4 is 12.0 Å². The van der Waals surface area contributed by atoms with E-state index in [2.05, 4.69) is 5.32 Å². The maximum Gasteiger partial charge on any atom is 0.410 e. The zero-order valence-electron chi connectivity index (χ0n) is 13.9. The Bertz CT molecular complexity index is 364. The van der Waals surface area contributed by atoms with Crippen molar-refractivity contribution in [3.63, 3.8) is 0 Å². The molecule has 0 aromatic rings. The van der Waals surface area contributed by atoms with E-state index in [1.54, 1.807) is 4.90 Å². The molecule has 1 N–H and O–H groups in total. The fourth-order valence-electron chi connectivity index (χ4n) is 2.31. The third-order valence-corrected chi connectivity index (χ3v) is 3.20. The summed E-state index contributed by atoms with van der Waals surface area (Å²) in [5.74, 6) is 0.0377. The molecule has 6 nitrogen and oxygen atoms in total. The molecule has 0 radical (unpaired) electrons. The van der Waals surface area contributed by atoms with Gasteiger partial charge in [-0.1, -0.05) is 0 Å². The maximum absolute atomic E-state index is 12.1. The molecule has 0 saturated carbocycles. The zero-order valence-corrected chi connectivity index (χ0v) is 13.9. The summed E-state index contributed by atoms with van der Waals surface area (Å²) in [5, 5.41) is 3.04. The molecule has 0 aromatic heterocycles. The van der Waals surface area contributed by atoms with Gasteiger partial charge in [0.1, 0.15) is 5.60 Å². The number of ether oxygens (including phenoxy) is 1. The van der Waals surface area contributed by atoms with E-state index >= 15 is 0 Å². The summed E-state index contributed by atoms with van der Waals surface area (Å²) in [6, 6.07) is 0.143. The molecule has 0 bridgehead atoms. The predicted molar refractivity (Wildman–Crippen MR) is 82.1 cm³/mol. The number of amides is 2. The average molecular weight is 299 g/mol. The first-order valence-electron chi connectivity index (χ1n) is 7.59. The Morgan fingerprint density at radius 2 is 1.90 bits per heavy atom. The molecule has 0 aromatic carbocycles. The second-order valence-corrected chi connectivity index (χ2v) is 6.90. The number of nitrogens with one attached hydrogen (secondary N) is 1. The fraction of sp³-hybridized carbons (Fsp3) is 0.867. The lowest BCUT2D eigenvalue weighted by atomic mass is 10.1. The van der Waals surface area contributed by atoms with Crippen LogP contribution in [0.25, 0.3) is 0 Å². The molecule has 1 saturated heterocycles. The molecular formula is C15H29N3O3. The summed E-state index contributed by atoms with van der Waals surface area (Å²) in [5.41, 5.74) is -0.470. The van der Waals surface area contributed by atoms with Crippen LogP contribution in [0.2, 0.25) is 0 Å². The number of rotatable bonds is 3. The third-order valence-electron chi connectivity index (χ3n) is 3.20. The molecule has 0 spiro atoms. The van der Waals surface area contributed by atoms with Crippen LogP contribution in [-0.2, 0) is 9.53 Å². The highest BCUT2D eigenvalue weighted by atomic mass is 16.6. The molecule has 1 heterocycles. The highest BCUT2D eigenvalue weighted by Gasteiger charge is 2.25. The second-order valence-electron chi connectivity index (χ2n) is 6.90. The van der Waals surface area contributed by atoms with Crippen LogP contribution >= 0.6 is 0 Å². The van der Waals surface area contributed by atoms with Crippen LogP contribution in [0.5, 0.6) is 0 Å². The number of nitrogens with zero attached hydrogens (tertiary/aromatic N) is 2. The largest absolute Gasteiger partial charge is 0.444 e. The van der Waals surface area contributed by atoms with E-state index in [4.69, 9.17) is 4.74 Å². The first-order valence-corrected chi connectivity index (χ1v) is 7.59. The highest BCUT2D eigenvalue weighted by Crippen LogP contribution is 2.15. The molecule has 1 fully saturated rings. The predicted octanol–water partition coefficient (Wildman–Crippen LogP) is 1.45. The van der Waals surface area contributed by atoms with Crippen LogP contribution in [0.4, 0.5) is 4.79 Å². The first kappa shape index (κ1) is 17.8. The van der Waals surface area contributed by atoms with Gasteiger partial charge in [-0.15, -0.1) is 0 Å². The van der Waals surface area contributed by atoms with Crippen LogP contribution < -0.4 is 5.32 Å². The maximum atomic E-state index is 12.1. The summed E-state index contributed by atoms with van der Waals surface area (Å²) in [6.07, 6.45) is 2.30. The summed E-state index contributed by atoms with van der Waals surface area (Å²) in [7, 11) is 3.74. The van der Waals surface area contributed by atoms with Gasteiger partial charge in [0, 0.05) is 19.1 Å². The Hall–Kier alpha value is -1.30. The van der Waals surface area contributed by atoms with E-state index in [0.717, 1.165) is 19.3 Å². The summed E-state index contributed by atoms with van der Waals surface area (Å²) < 4.78 is 5.39. The summed E-state index contributed by atoms with van der Waals surface area (Å²) in [4.78, 5) is 27.4. The van der Waals surface area contributed by atoms with Crippen molar-refractivity contribution in [3.8, 4) is 0 Å². The molecule has 0 aliphatic carbocycles. The Labute approximate surface area is 127 Å². The number of carbonyl (C=O) groups excluding carboxylic acids is 2. The lowest BCUT2D eigenvalue weighted by Gasteiger charge is -2.26. The average Bonchev–Trinajstić information content (AvgIpc) is 2.51. The lowest BCUT2D eigenvalue weighted by Crippen LogP contribution is -2.41. The van der Waals surface area contributed by atoms with E-state index in [1.165, 1.54) is 0 Å². The molecule has 1 aliphatic heterocycles. The van der Waals surface area contributed by atoms with Gasteiger partial charge in [0.15, 0.2) is 0 Å². The van der Waals surface area contributed by atoms with Crippen LogP contribution in [0.3, 0.4) is 0 Å². The molecule has 1 aliphatic rings. The molecule has 122 valence electrons. The van der Waals surface area contributed by atoms with Gasteiger partial charge in [-0.3, -0.25) is 4.79 Å². The van der Waals surface area contributed by atoms with Gasteiger partial charge in [0.2, 0.25) is 5.91 Å². The van der Waals surface area contributed by atoms with Crippen molar-refractivity contribution in [2.24, 2.45) is 0 Å². The van der Waals surface area contributed by atoms with E-state index in [0.29, 0.717) is 19.6 Å². The van der Waals surface area contributed by atoms with Gasteiger partial charge in [-0.25, -0.2) is 4.79 Å². The van der Waals surface area contributed by atoms with Crippen molar-refractivity contribution in [2.75, 3.05) is 33.7 Å². The molecule has 0 unspecified atom stereocenters. The van der Waals surface area contributed by atoms with Gasteiger partial charge in [-0.05, 0) is 54.1 Å². The van der Waals surface area contributed by atoms with Gasteiger partial charge < -0.3 is 19.9 Å².